The van der Waals surface area contributed by atoms with E-state index in [2.05, 4.69) is 34.6 Å². The van der Waals surface area contributed by atoms with Crippen LogP contribution >= 0.6 is 0 Å². The monoisotopic (exact) mass is 218 g/mol. The molecule has 0 saturated carbocycles. The fourth-order valence-electron chi connectivity index (χ4n) is 1.30. The SMILES string of the molecule is CCC(C)CC(C)(C)CC.OCCCO. The molecule has 94 valence electrons. The van der Waals surface area contributed by atoms with E-state index in [9.17, 15) is 0 Å². The quantitative estimate of drug-likeness (QED) is 0.718. The molecule has 15 heavy (non-hydrogen) atoms. The summed E-state index contributed by atoms with van der Waals surface area (Å²) in [5.74, 6) is 0.898. The second-order valence-electron chi connectivity index (χ2n) is 5.04. The molecule has 1 atom stereocenters. The average Bonchev–Trinajstić information content (AvgIpc) is 2.19. The number of hydrogen-bond acceptors (Lipinski definition) is 2. The van der Waals surface area contributed by atoms with Crippen molar-refractivity contribution in [1.82, 2.24) is 0 Å². The molecule has 0 aromatic carbocycles. The van der Waals surface area contributed by atoms with E-state index in [-0.39, 0.29) is 13.2 Å². The Balaban J connectivity index is 0. The summed E-state index contributed by atoms with van der Waals surface area (Å²) in [5, 5.41) is 15.8. The maximum Gasteiger partial charge on any atom is 0.0452 e. The lowest BCUT2D eigenvalue weighted by Crippen LogP contribution is -2.13. The van der Waals surface area contributed by atoms with Crippen LogP contribution in [0.3, 0.4) is 0 Å². The predicted octanol–water partition coefficient (Wildman–Crippen LogP) is 3.22. The molecule has 0 aromatic rings. The van der Waals surface area contributed by atoms with Gasteiger partial charge in [0.05, 0.1) is 0 Å². The maximum atomic E-state index is 7.91. The van der Waals surface area contributed by atoms with Gasteiger partial charge in [0.1, 0.15) is 0 Å². The van der Waals surface area contributed by atoms with Crippen LogP contribution in [0, 0.1) is 11.3 Å². The highest BCUT2D eigenvalue weighted by molar-refractivity contribution is 4.68. The first-order valence-corrected chi connectivity index (χ1v) is 6.15. The third-order valence-electron chi connectivity index (χ3n) is 2.87. The van der Waals surface area contributed by atoms with E-state index in [0.29, 0.717) is 11.8 Å². The summed E-state index contributed by atoms with van der Waals surface area (Å²) in [4.78, 5) is 0. The zero-order valence-electron chi connectivity index (χ0n) is 11.2. The predicted molar refractivity (Wildman–Crippen MR) is 66.9 cm³/mol. The molecule has 2 N–H and O–H groups in total. The van der Waals surface area contributed by atoms with Crippen LogP contribution < -0.4 is 0 Å². The van der Waals surface area contributed by atoms with Crippen molar-refractivity contribution in [3.63, 3.8) is 0 Å². The molecule has 0 heterocycles. The van der Waals surface area contributed by atoms with Crippen LogP contribution in [0.15, 0.2) is 0 Å². The molecule has 0 radical (unpaired) electrons. The van der Waals surface area contributed by atoms with E-state index in [4.69, 9.17) is 10.2 Å². The van der Waals surface area contributed by atoms with Crippen LogP contribution in [0.4, 0.5) is 0 Å². The van der Waals surface area contributed by atoms with Crippen molar-refractivity contribution in [3.8, 4) is 0 Å². The normalized spacial score (nSPS) is 13.0. The van der Waals surface area contributed by atoms with Crippen molar-refractivity contribution in [2.75, 3.05) is 13.2 Å². The molecular weight excluding hydrogens is 188 g/mol. The largest absolute Gasteiger partial charge is 0.396 e. The molecule has 2 nitrogen and oxygen atoms in total. The van der Waals surface area contributed by atoms with E-state index in [0.717, 1.165) is 5.92 Å². The van der Waals surface area contributed by atoms with Gasteiger partial charge in [0.2, 0.25) is 0 Å². The topological polar surface area (TPSA) is 40.5 Å². The maximum absolute atomic E-state index is 7.91. The van der Waals surface area contributed by atoms with Gasteiger partial charge in [0, 0.05) is 13.2 Å². The van der Waals surface area contributed by atoms with Crippen molar-refractivity contribution >= 4 is 0 Å². The first-order chi connectivity index (χ1) is 6.93. The number of rotatable bonds is 6. The summed E-state index contributed by atoms with van der Waals surface area (Å²) >= 11 is 0. The van der Waals surface area contributed by atoms with Crippen LogP contribution in [-0.2, 0) is 0 Å². The highest BCUT2D eigenvalue weighted by Crippen LogP contribution is 2.29. The fraction of sp³-hybridized carbons (Fsp3) is 1.00. The zero-order valence-corrected chi connectivity index (χ0v) is 11.2. The van der Waals surface area contributed by atoms with Gasteiger partial charge in [-0.05, 0) is 24.2 Å². The second kappa shape index (κ2) is 10.4. The lowest BCUT2D eigenvalue weighted by Gasteiger charge is -2.25. The van der Waals surface area contributed by atoms with Crippen LogP contribution in [0.1, 0.15) is 60.3 Å². The minimum Gasteiger partial charge on any atom is -0.396 e. The highest BCUT2D eigenvalue weighted by Gasteiger charge is 2.17. The molecule has 0 rings (SSSR count). The Hall–Kier alpha value is -0.0800. The molecule has 0 saturated heterocycles. The summed E-state index contributed by atoms with van der Waals surface area (Å²) in [7, 11) is 0. The van der Waals surface area contributed by atoms with Crippen molar-refractivity contribution in [2.45, 2.75) is 60.3 Å². The fourth-order valence-corrected chi connectivity index (χ4v) is 1.30. The van der Waals surface area contributed by atoms with Crippen molar-refractivity contribution in [3.05, 3.63) is 0 Å². The summed E-state index contributed by atoms with van der Waals surface area (Å²) < 4.78 is 0. The molecular formula is C13H30O2. The van der Waals surface area contributed by atoms with Crippen LogP contribution in [-0.4, -0.2) is 23.4 Å². The van der Waals surface area contributed by atoms with Crippen molar-refractivity contribution < 1.29 is 10.2 Å². The summed E-state index contributed by atoms with van der Waals surface area (Å²) in [6, 6.07) is 0. The first-order valence-electron chi connectivity index (χ1n) is 6.15. The van der Waals surface area contributed by atoms with E-state index in [1.54, 1.807) is 0 Å². The second-order valence-corrected chi connectivity index (χ2v) is 5.04. The third-order valence-corrected chi connectivity index (χ3v) is 2.87. The zero-order chi connectivity index (χ0) is 12.3. The minimum absolute atomic E-state index is 0.0938. The summed E-state index contributed by atoms with van der Waals surface area (Å²) in [5.41, 5.74) is 0.565. The Morgan fingerprint density at radius 2 is 1.53 bits per heavy atom. The lowest BCUT2D eigenvalue weighted by atomic mass is 9.80. The summed E-state index contributed by atoms with van der Waals surface area (Å²) in [6.07, 6.45) is 4.50. The molecule has 0 aliphatic carbocycles. The van der Waals surface area contributed by atoms with Crippen molar-refractivity contribution in [1.29, 1.82) is 0 Å². The van der Waals surface area contributed by atoms with Gasteiger partial charge in [-0.25, -0.2) is 0 Å². The van der Waals surface area contributed by atoms with Gasteiger partial charge < -0.3 is 10.2 Å². The Bertz CT molecular complexity index is 120. The molecule has 0 aliphatic rings. The standard InChI is InChI=1S/C10H22.C3H8O2/c1-6-9(3)8-10(4,5)7-2;4-2-1-3-5/h9H,6-8H2,1-5H3;4-5H,1-3H2. The Morgan fingerprint density at radius 3 is 1.73 bits per heavy atom. The van der Waals surface area contributed by atoms with Gasteiger partial charge in [-0.2, -0.15) is 0 Å². The van der Waals surface area contributed by atoms with E-state index >= 15 is 0 Å². The van der Waals surface area contributed by atoms with Crippen LogP contribution in [0.5, 0.6) is 0 Å². The first kappa shape index (κ1) is 17.3. The Labute approximate surface area is 95.7 Å². The molecule has 0 fully saturated rings. The molecule has 2 heteroatoms. The summed E-state index contributed by atoms with van der Waals surface area (Å²) in [6.45, 7) is 11.8. The molecule has 0 amide bonds. The van der Waals surface area contributed by atoms with Gasteiger partial charge in [0.15, 0.2) is 0 Å². The number of aliphatic hydroxyl groups is 2. The molecule has 0 spiro atoms. The Kier molecular flexibility index (Phi) is 12.1. The van der Waals surface area contributed by atoms with E-state index in [1.807, 2.05) is 0 Å². The van der Waals surface area contributed by atoms with Gasteiger partial charge in [-0.3, -0.25) is 0 Å². The molecule has 0 aromatic heterocycles. The minimum atomic E-state index is 0.0938. The lowest BCUT2D eigenvalue weighted by molar-refractivity contribution is 0.221. The molecule has 1 unspecified atom stereocenters. The van der Waals surface area contributed by atoms with Gasteiger partial charge in [-0.1, -0.05) is 47.5 Å². The number of aliphatic hydroxyl groups excluding tert-OH is 2. The van der Waals surface area contributed by atoms with Gasteiger partial charge in [-0.15, -0.1) is 0 Å². The van der Waals surface area contributed by atoms with Gasteiger partial charge in [0.25, 0.3) is 0 Å². The van der Waals surface area contributed by atoms with Crippen LogP contribution in [0.2, 0.25) is 0 Å². The van der Waals surface area contributed by atoms with E-state index < -0.39 is 0 Å². The third kappa shape index (κ3) is 13.9. The molecule has 0 aliphatic heterocycles. The van der Waals surface area contributed by atoms with Crippen molar-refractivity contribution in [2.24, 2.45) is 11.3 Å². The van der Waals surface area contributed by atoms with E-state index in [1.165, 1.54) is 19.3 Å². The smallest absolute Gasteiger partial charge is 0.0452 e. The Morgan fingerprint density at radius 1 is 1.07 bits per heavy atom. The number of hydrogen-bond donors (Lipinski definition) is 2. The van der Waals surface area contributed by atoms with Crippen LogP contribution in [0.25, 0.3) is 0 Å². The average molecular weight is 218 g/mol. The highest BCUT2D eigenvalue weighted by atomic mass is 16.3. The molecule has 0 bridgehead atoms. The van der Waals surface area contributed by atoms with Gasteiger partial charge >= 0.3 is 0 Å².